The number of urea groups is 1. The minimum atomic E-state index is -0.636. The molecule has 0 spiro atoms. The molecule has 0 fully saturated rings. The molecule has 192 valence electrons. The monoisotopic (exact) mass is 491 g/mol. The van der Waals surface area contributed by atoms with Gasteiger partial charge in [0.2, 0.25) is 5.91 Å². The number of amides is 3. The molecule has 0 saturated carbocycles. The van der Waals surface area contributed by atoms with E-state index >= 15 is 0 Å². The Morgan fingerprint density at radius 1 is 1.06 bits per heavy atom. The first-order valence-electron chi connectivity index (χ1n) is 12.7. The number of nitrogens with zero attached hydrogens (tertiary/aromatic N) is 1. The van der Waals surface area contributed by atoms with Gasteiger partial charge in [0.1, 0.15) is 0 Å². The average molecular weight is 492 g/mol. The summed E-state index contributed by atoms with van der Waals surface area (Å²) in [7, 11) is 0. The molecule has 0 aromatic heterocycles. The molecule has 2 aromatic rings. The summed E-state index contributed by atoms with van der Waals surface area (Å²) in [6.45, 7) is 10.5. The SMILES string of the molecule is CCCN1C(=O)NC(c2ccc(NC(=O)C(CC)c3ccccc3)cc2)C(C(=O)OCC(C)C)=C1C. The fraction of sp³-hybridized carbons (Fsp3) is 0.414. The third kappa shape index (κ3) is 6.33. The molecule has 7 heteroatoms. The van der Waals surface area contributed by atoms with Crippen molar-refractivity contribution in [1.29, 1.82) is 0 Å². The maximum atomic E-state index is 13.1. The molecule has 36 heavy (non-hydrogen) atoms. The molecule has 1 heterocycles. The molecule has 7 nitrogen and oxygen atoms in total. The van der Waals surface area contributed by atoms with Gasteiger partial charge in [-0.25, -0.2) is 9.59 Å². The number of hydrogen-bond acceptors (Lipinski definition) is 4. The molecule has 1 aliphatic heterocycles. The van der Waals surface area contributed by atoms with Crippen LogP contribution in [0.3, 0.4) is 0 Å². The van der Waals surface area contributed by atoms with Gasteiger partial charge in [-0.05, 0) is 48.9 Å². The van der Waals surface area contributed by atoms with Crippen molar-refractivity contribution >= 4 is 23.6 Å². The summed E-state index contributed by atoms with van der Waals surface area (Å²) in [6.07, 6.45) is 1.45. The number of rotatable bonds is 10. The van der Waals surface area contributed by atoms with Gasteiger partial charge in [-0.3, -0.25) is 9.69 Å². The Hall–Kier alpha value is -3.61. The number of carbonyl (C=O) groups excluding carboxylic acids is 3. The number of benzene rings is 2. The first kappa shape index (κ1) is 27.0. The van der Waals surface area contributed by atoms with Crippen molar-refractivity contribution in [2.75, 3.05) is 18.5 Å². The Bertz CT molecular complexity index is 1090. The number of nitrogens with one attached hydrogen (secondary N) is 2. The molecule has 2 N–H and O–H groups in total. The van der Waals surface area contributed by atoms with Crippen molar-refractivity contribution in [2.24, 2.45) is 5.92 Å². The van der Waals surface area contributed by atoms with E-state index in [1.165, 1.54) is 0 Å². The lowest BCUT2D eigenvalue weighted by atomic mass is 9.94. The Labute approximate surface area is 213 Å². The van der Waals surface area contributed by atoms with E-state index in [9.17, 15) is 14.4 Å². The number of esters is 1. The topological polar surface area (TPSA) is 87.7 Å². The van der Waals surface area contributed by atoms with Crippen LogP contribution in [-0.4, -0.2) is 36.0 Å². The fourth-order valence-corrected chi connectivity index (χ4v) is 4.35. The molecule has 3 rings (SSSR count). The van der Waals surface area contributed by atoms with Crippen molar-refractivity contribution in [3.63, 3.8) is 0 Å². The van der Waals surface area contributed by atoms with Crippen LogP contribution in [0.5, 0.6) is 0 Å². The van der Waals surface area contributed by atoms with Gasteiger partial charge < -0.3 is 15.4 Å². The van der Waals surface area contributed by atoms with Gasteiger partial charge in [0, 0.05) is 17.9 Å². The highest BCUT2D eigenvalue weighted by Crippen LogP contribution is 2.32. The van der Waals surface area contributed by atoms with Crippen LogP contribution in [0, 0.1) is 5.92 Å². The van der Waals surface area contributed by atoms with E-state index in [2.05, 4.69) is 10.6 Å². The quantitative estimate of drug-likeness (QED) is 0.413. The molecule has 2 aromatic carbocycles. The van der Waals surface area contributed by atoms with Crippen LogP contribution in [0.15, 0.2) is 65.9 Å². The molecule has 0 radical (unpaired) electrons. The molecular formula is C29H37N3O4. The second-order valence-corrected chi connectivity index (χ2v) is 9.51. The predicted octanol–water partition coefficient (Wildman–Crippen LogP) is 5.77. The Morgan fingerprint density at radius 3 is 2.31 bits per heavy atom. The number of anilines is 1. The lowest BCUT2D eigenvalue weighted by Gasteiger charge is -2.35. The number of carbonyl (C=O) groups is 3. The first-order valence-corrected chi connectivity index (χ1v) is 12.7. The van der Waals surface area contributed by atoms with Crippen molar-refractivity contribution in [1.82, 2.24) is 10.2 Å². The highest BCUT2D eigenvalue weighted by molar-refractivity contribution is 5.96. The van der Waals surface area contributed by atoms with Crippen molar-refractivity contribution in [3.8, 4) is 0 Å². The zero-order chi connectivity index (χ0) is 26.2. The van der Waals surface area contributed by atoms with Crippen LogP contribution in [0.4, 0.5) is 10.5 Å². The van der Waals surface area contributed by atoms with Crippen molar-refractivity contribution in [2.45, 2.75) is 59.4 Å². The number of ether oxygens (including phenoxy) is 1. The Kier molecular flexibility index (Phi) is 9.28. The predicted molar refractivity (Wildman–Crippen MR) is 141 cm³/mol. The fourth-order valence-electron chi connectivity index (χ4n) is 4.35. The van der Waals surface area contributed by atoms with Gasteiger partial charge in [-0.1, -0.05) is 70.2 Å². The van der Waals surface area contributed by atoms with E-state index in [-0.39, 0.29) is 23.8 Å². The van der Waals surface area contributed by atoms with E-state index in [4.69, 9.17) is 4.74 Å². The van der Waals surface area contributed by atoms with Crippen LogP contribution >= 0.6 is 0 Å². The third-order valence-corrected chi connectivity index (χ3v) is 6.25. The lowest BCUT2D eigenvalue weighted by Crippen LogP contribution is -2.48. The third-order valence-electron chi connectivity index (χ3n) is 6.25. The van der Waals surface area contributed by atoms with Gasteiger partial charge in [-0.15, -0.1) is 0 Å². The molecular weight excluding hydrogens is 454 g/mol. The molecule has 0 aliphatic carbocycles. The number of allylic oxidation sites excluding steroid dienone is 1. The summed E-state index contributed by atoms with van der Waals surface area (Å²) < 4.78 is 5.55. The standard InChI is InChI=1S/C29H37N3O4/c1-6-17-32-20(5)25(28(34)36-18-19(3)4)26(31-29(32)35)22-13-15-23(16-14-22)30-27(33)24(7-2)21-11-9-8-10-12-21/h8-16,19,24,26H,6-7,17-18H2,1-5H3,(H,30,33)(H,31,35). The summed E-state index contributed by atoms with van der Waals surface area (Å²) in [5.41, 5.74) is 3.39. The molecule has 0 bridgehead atoms. The summed E-state index contributed by atoms with van der Waals surface area (Å²) in [4.78, 5) is 40.5. The Morgan fingerprint density at radius 2 is 1.72 bits per heavy atom. The summed E-state index contributed by atoms with van der Waals surface area (Å²) in [5, 5.41) is 5.96. The maximum Gasteiger partial charge on any atom is 0.338 e. The van der Waals surface area contributed by atoms with E-state index < -0.39 is 12.0 Å². The van der Waals surface area contributed by atoms with E-state index in [0.717, 1.165) is 17.5 Å². The Balaban J connectivity index is 1.84. The van der Waals surface area contributed by atoms with Gasteiger partial charge in [0.25, 0.3) is 0 Å². The average Bonchev–Trinajstić information content (AvgIpc) is 2.86. The van der Waals surface area contributed by atoms with Crippen LogP contribution in [0.25, 0.3) is 0 Å². The minimum Gasteiger partial charge on any atom is -0.462 e. The highest BCUT2D eigenvalue weighted by Gasteiger charge is 2.36. The van der Waals surface area contributed by atoms with Crippen LogP contribution < -0.4 is 10.6 Å². The van der Waals surface area contributed by atoms with E-state index in [1.807, 2.05) is 70.2 Å². The maximum absolute atomic E-state index is 13.1. The number of hydrogen-bond donors (Lipinski definition) is 2. The largest absolute Gasteiger partial charge is 0.462 e. The second kappa shape index (κ2) is 12.4. The summed E-state index contributed by atoms with van der Waals surface area (Å²) in [6, 6.07) is 16.1. The van der Waals surface area contributed by atoms with Gasteiger partial charge in [0.05, 0.1) is 24.1 Å². The summed E-state index contributed by atoms with van der Waals surface area (Å²) >= 11 is 0. The lowest BCUT2D eigenvalue weighted by molar-refractivity contribution is -0.140. The molecule has 2 unspecified atom stereocenters. The zero-order valence-corrected chi connectivity index (χ0v) is 21.8. The zero-order valence-electron chi connectivity index (χ0n) is 21.8. The molecule has 2 atom stereocenters. The molecule has 3 amide bonds. The van der Waals surface area contributed by atoms with E-state index in [1.54, 1.807) is 24.0 Å². The molecule has 1 aliphatic rings. The first-order chi connectivity index (χ1) is 17.3. The molecule has 0 saturated heterocycles. The van der Waals surface area contributed by atoms with Crippen LogP contribution in [0.2, 0.25) is 0 Å². The summed E-state index contributed by atoms with van der Waals surface area (Å²) in [5.74, 6) is -0.561. The van der Waals surface area contributed by atoms with Crippen molar-refractivity contribution in [3.05, 3.63) is 77.0 Å². The van der Waals surface area contributed by atoms with Crippen LogP contribution in [0.1, 0.15) is 70.5 Å². The minimum absolute atomic E-state index is 0.0775. The smallest absolute Gasteiger partial charge is 0.338 e. The van der Waals surface area contributed by atoms with E-state index in [0.29, 0.717) is 36.5 Å². The van der Waals surface area contributed by atoms with Crippen molar-refractivity contribution < 1.29 is 19.1 Å². The van der Waals surface area contributed by atoms with Crippen LogP contribution in [-0.2, 0) is 14.3 Å². The van der Waals surface area contributed by atoms with Gasteiger partial charge in [0.15, 0.2) is 0 Å². The van der Waals surface area contributed by atoms with Gasteiger partial charge >= 0.3 is 12.0 Å². The normalized spacial score (nSPS) is 16.6. The highest BCUT2D eigenvalue weighted by atomic mass is 16.5. The van der Waals surface area contributed by atoms with Gasteiger partial charge in [-0.2, -0.15) is 0 Å². The second-order valence-electron chi connectivity index (χ2n) is 9.51.